The highest BCUT2D eigenvalue weighted by molar-refractivity contribution is 5.91. The standard InChI is InChI=1S/C15H24N2O4/c1-12(2)11-17(8-10-20-3)14(18)6-7-16-15(19)13-5-4-9-21-13/h4-5,9,12H,6-8,10-11H2,1-3H3,(H,16,19). The average molecular weight is 296 g/mol. The third-order valence-electron chi connectivity index (χ3n) is 2.87. The number of nitrogens with zero attached hydrogens (tertiary/aromatic N) is 1. The number of amides is 2. The van der Waals surface area contributed by atoms with E-state index in [0.29, 0.717) is 32.2 Å². The Morgan fingerprint density at radius 3 is 2.76 bits per heavy atom. The van der Waals surface area contributed by atoms with Crippen molar-refractivity contribution in [2.75, 3.05) is 33.4 Å². The first kappa shape index (κ1) is 17.2. The van der Waals surface area contributed by atoms with Crippen molar-refractivity contribution in [3.05, 3.63) is 24.2 Å². The zero-order valence-corrected chi connectivity index (χ0v) is 12.9. The fourth-order valence-corrected chi connectivity index (χ4v) is 1.90. The van der Waals surface area contributed by atoms with E-state index in [1.165, 1.54) is 6.26 Å². The van der Waals surface area contributed by atoms with Gasteiger partial charge in [0.1, 0.15) is 0 Å². The molecule has 1 heterocycles. The van der Waals surface area contributed by atoms with Gasteiger partial charge in [-0.3, -0.25) is 9.59 Å². The van der Waals surface area contributed by atoms with Crippen LogP contribution in [0.3, 0.4) is 0 Å². The first-order valence-corrected chi connectivity index (χ1v) is 7.13. The Hall–Kier alpha value is -1.82. The van der Waals surface area contributed by atoms with E-state index in [4.69, 9.17) is 9.15 Å². The molecule has 0 atom stereocenters. The van der Waals surface area contributed by atoms with Gasteiger partial charge in [0, 0.05) is 33.2 Å². The van der Waals surface area contributed by atoms with Crippen molar-refractivity contribution in [3.8, 4) is 0 Å². The number of hydrogen-bond donors (Lipinski definition) is 1. The minimum atomic E-state index is -0.305. The van der Waals surface area contributed by atoms with Gasteiger partial charge in [0.05, 0.1) is 12.9 Å². The summed E-state index contributed by atoms with van der Waals surface area (Å²) in [5.74, 6) is 0.352. The molecule has 0 bridgehead atoms. The molecule has 0 spiro atoms. The predicted octanol–water partition coefficient (Wildman–Crippen LogP) is 1.53. The Morgan fingerprint density at radius 2 is 2.19 bits per heavy atom. The van der Waals surface area contributed by atoms with E-state index >= 15 is 0 Å². The van der Waals surface area contributed by atoms with Gasteiger partial charge in [0.25, 0.3) is 5.91 Å². The van der Waals surface area contributed by atoms with Crippen molar-refractivity contribution in [1.29, 1.82) is 0 Å². The predicted molar refractivity (Wildman–Crippen MR) is 79.0 cm³/mol. The van der Waals surface area contributed by atoms with Crippen LogP contribution in [0, 0.1) is 5.92 Å². The highest BCUT2D eigenvalue weighted by Crippen LogP contribution is 2.02. The molecule has 1 aromatic rings. The fourth-order valence-electron chi connectivity index (χ4n) is 1.90. The van der Waals surface area contributed by atoms with Crippen LogP contribution in [-0.2, 0) is 9.53 Å². The number of methoxy groups -OCH3 is 1. The Bertz CT molecular complexity index is 429. The molecule has 0 aliphatic rings. The smallest absolute Gasteiger partial charge is 0.286 e. The topological polar surface area (TPSA) is 71.8 Å². The number of nitrogens with one attached hydrogen (secondary N) is 1. The van der Waals surface area contributed by atoms with Gasteiger partial charge < -0.3 is 19.4 Å². The first-order valence-electron chi connectivity index (χ1n) is 7.13. The van der Waals surface area contributed by atoms with Crippen LogP contribution < -0.4 is 5.32 Å². The average Bonchev–Trinajstić information content (AvgIpc) is 2.96. The van der Waals surface area contributed by atoms with Crippen molar-refractivity contribution in [2.24, 2.45) is 5.92 Å². The lowest BCUT2D eigenvalue weighted by molar-refractivity contribution is -0.132. The monoisotopic (exact) mass is 296 g/mol. The van der Waals surface area contributed by atoms with Gasteiger partial charge in [-0.15, -0.1) is 0 Å². The molecule has 1 N–H and O–H groups in total. The second kappa shape index (κ2) is 9.18. The zero-order chi connectivity index (χ0) is 15.7. The maximum atomic E-state index is 12.1. The lowest BCUT2D eigenvalue weighted by atomic mass is 10.2. The van der Waals surface area contributed by atoms with Crippen LogP contribution in [0.2, 0.25) is 0 Å². The number of rotatable bonds is 9. The molecule has 1 rings (SSSR count). The molecule has 21 heavy (non-hydrogen) atoms. The number of carbonyl (C=O) groups is 2. The molecule has 0 radical (unpaired) electrons. The molecule has 0 saturated heterocycles. The lowest BCUT2D eigenvalue weighted by Gasteiger charge is -2.24. The molecular weight excluding hydrogens is 272 g/mol. The van der Waals surface area contributed by atoms with Gasteiger partial charge in [-0.2, -0.15) is 0 Å². The van der Waals surface area contributed by atoms with Gasteiger partial charge >= 0.3 is 0 Å². The summed E-state index contributed by atoms with van der Waals surface area (Å²) in [4.78, 5) is 25.6. The van der Waals surface area contributed by atoms with Crippen molar-refractivity contribution in [3.63, 3.8) is 0 Å². The van der Waals surface area contributed by atoms with Crippen molar-refractivity contribution >= 4 is 11.8 Å². The van der Waals surface area contributed by atoms with Crippen molar-refractivity contribution < 1.29 is 18.7 Å². The molecule has 0 aliphatic heterocycles. The SMILES string of the molecule is COCCN(CC(C)C)C(=O)CCNC(=O)c1ccco1. The minimum absolute atomic E-state index is 0.0143. The Kier molecular flexibility index (Phi) is 7.53. The summed E-state index contributed by atoms with van der Waals surface area (Å²) in [7, 11) is 1.61. The fraction of sp³-hybridized carbons (Fsp3) is 0.600. The van der Waals surface area contributed by atoms with Crippen LogP contribution in [0.1, 0.15) is 30.8 Å². The highest BCUT2D eigenvalue weighted by Gasteiger charge is 2.15. The van der Waals surface area contributed by atoms with Crippen LogP contribution in [0.15, 0.2) is 22.8 Å². The van der Waals surface area contributed by atoms with Crippen molar-refractivity contribution in [2.45, 2.75) is 20.3 Å². The van der Waals surface area contributed by atoms with Crippen molar-refractivity contribution in [1.82, 2.24) is 10.2 Å². The van der Waals surface area contributed by atoms with E-state index < -0.39 is 0 Å². The summed E-state index contributed by atoms with van der Waals surface area (Å²) < 4.78 is 10.0. The number of ether oxygens (including phenoxy) is 1. The molecule has 6 heteroatoms. The van der Waals surface area contributed by atoms with Crippen LogP contribution in [0.25, 0.3) is 0 Å². The normalized spacial score (nSPS) is 10.7. The van der Waals surface area contributed by atoms with Gasteiger partial charge in [0.2, 0.25) is 5.91 Å². The van der Waals surface area contributed by atoms with E-state index in [0.717, 1.165) is 0 Å². The number of carbonyl (C=O) groups excluding carboxylic acids is 2. The van der Waals surface area contributed by atoms with Crippen LogP contribution in [0.4, 0.5) is 0 Å². The van der Waals surface area contributed by atoms with Crippen LogP contribution in [-0.4, -0.2) is 50.1 Å². The molecule has 0 unspecified atom stereocenters. The Morgan fingerprint density at radius 1 is 1.43 bits per heavy atom. The summed E-state index contributed by atoms with van der Waals surface area (Å²) in [5, 5.41) is 2.67. The van der Waals surface area contributed by atoms with Gasteiger partial charge in [-0.05, 0) is 18.1 Å². The Labute approximate surface area is 125 Å². The van der Waals surface area contributed by atoms with Crippen LogP contribution in [0.5, 0.6) is 0 Å². The van der Waals surface area contributed by atoms with Gasteiger partial charge in [-0.25, -0.2) is 0 Å². The van der Waals surface area contributed by atoms with E-state index in [9.17, 15) is 9.59 Å². The van der Waals surface area contributed by atoms with E-state index in [-0.39, 0.29) is 24.0 Å². The van der Waals surface area contributed by atoms with Crippen LogP contribution >= 0.6 is 0 Å². The second-order valence-corrected chi connectivity index (χ2v) is 5.21. The molecule has 2 amide bonds. The largest absolute Gasteiger partial charge is 0.459 e. The molecule has 0 saturated carbocycles. The summed E-state index contributed by atoms with van der Waals surface area (Å²) in [6, 6.07) is 3.23. The molecule has 0 fully saturated rings. The van der Waals surface area contributed by atoms with E-state index in [1.807, 2.05) is 0 Å². The Balaban J connectivity index is 2.36. The zero-order valence-electron chi connectivity index (χ0n) is 12.9. The maximum absolute atomic E-state index is 12.1. The van der Waals surface area contributed by atoms with Gasteiger partial charge in [0.15, 0.2) is 5.76 Å². The minimum Gasteiger partial charge on any atom is -0.459 e. The molecule has 0 aromatic carbocycles. The molecule has 0 aliphatic carbocycles. The quantitative estimate of drug-likeness (QED) is 0.750. The summed E-state index contributed by atoms with van der Waals surface area (Å²) in [6.07, 6.45) is 1.71. The van der Waals surface area contributed by atoms with E-state index in [2.05, 4.69) is 19.2 Å². The number of hydrogen-bond acceptors (Lipinski definition) is 4. The molecule has 6 nitrogen and oxygen atoms in total. The second-order valence-electron chi connectivity index (χ2n) is 5.21. The molecular formula is C15H24N2O4. The van der Waals surface area contributed by atoms with E-state index in [1.54, 1.807) is 24.1 Å². The molecule has 118 valence electrons. The molecule has 1 aromatic heterocycles. The number of furan rings is 1. The third-order valence-corrected chi connectivity index (χ3v) is 2.87. The highest BCUT2D eigenvalue weighted by atomic mass is 16.5. The van der Waals surface area contributed by atoms with Gasteiger partial charge in [-0.1, -0.05) is 13.8 Å². The lowest BCUT2D eigenvalue weighted by Crippen LogP contribution is -2.38. The third kappa shape index (κ3) is 6.44. The summed E-state index contributed by atoms with van der Waals surface area (Å²) in [5.41, 5.74) is 0. The summed E-state index contributed by atoms with van der Waals surface area (Å²) >= 11 is 0. The maximum Gasteiger partial charge on any atom is 0.286 e. The summed E-state index contributed by atoms with van der Waals surface area (Å²) in [6.45, 7) is 6.18. The first-order chi connectivity index (χ1) is 10.0.